The summed E-state index contributed by atoms with van der Waals surface area (Å²) in [5, 5.41) is 3.01. The van der Waals surface area contributed by atoms with Crippen LogP contribution in [0, 0.1) is 0 Å². The highest BCUT2D eigenvalue weighted by Gasteiger charge is 2.23. The minimum absolute atomic E-state index is 0.0741. The number of sulfonamides is 1. The number of carbonyl (C=O) groups is 1. The lowest BCUT2D eigenvalue weighted by Crippen LogP contribution is -2.30. The van der Waals surface area contributed by atoms with E-state index in [9.17, 15) is 13.2 Å². The minimum Gasteiger partial charge on any atom is -0.331 e. The van der Waals surface area contributed by atoms with Gasteiger partial charge >= 0.3 is 0 Å². The quantitative estimate of drug-likeness (QED) is 0.520. The van der Waals surface area contributed by atoms with E-state index in [1.165, 1.54) is 4.31 Å². The summed E-state index contributed by atoms with van der Waals surface area (Å²) >= 11 is 0. The van der Waals surface area contributed by atoms with Gasteiger partial charge in [-0.25, -0.2) is 13.4 Å². The van der Waals surface area contributed by atoms with Gasteiger partial charge in [-0.1, -0.05) is 45.9 Å². The first-order chi connectivity index (χ1) is 15.2. The Hall–Kier alpha value is -2.71. The van der Waals surface area contributed by atoms with E-state index in [2.05, 4.69) is 24.1 Å². The lowest BCUT2D eigenvalue weighted by atomic mass is 10.0. The molecule has 0 spiro atoms. The van der Waals surface area contributed by atoms with Gasteiger partial charge in [0.25, 0.3) is 0 Å². The molecule has 0 saturated carbocycles. The second-order valence-electron chi connectivity index (χ2n) is 8.12. The molecule has 32 heavy (non-hydrogen) atoms. The average molecular weight is 457 g/mol. The lowest BCUT2D eigenvalue weighted by Gasteiger charge is -2.18. The number of nitrogens with zero attached hydrogens (tertiary/aromatic N) is 3. The van der Waals surface area contributed by atoms with Crippen molar-refractivity contribution in [1.82, 2.24) is 13.9 Å². The molecular weight excluding hydrogens is 424 g/mol. The molecule has 0 aliphatic carbocycles. The van der Waals surface area contributed by atoms with Gasteiger partial charge < -0.3 is 9.88 Å². The Morgan fingerprint density at radius 2 is 1.81 bits per heavy atom. The average Bonchev–Trinajstić information content (AvgIpc) is 3.08. The molecule has 1 aromatic heterocycles. The Morgan fingerprint density at radius 3 is 2.47 bits per heavy atom. The molecule has 0 radical (unpaired) electrons. The molecule has 1 N–H and O–H groups in total. The number of hydrogen-bond donors (Lipinski definition) is 1. The standard InChI is InChI=1S/C24H32N4O3S/c1-6-28(7-2)32(30,31)18-12-13-22-21(16-18)25-23(27(22)5)14-15-24(29)26-20-11-9-8-10-19(20)17(3)4/h8-13,16-17H,6-7,14-15H2,1-5H3,(H,26,29). The molecular formula is C24H32N4O3S. The Bertz CT molecular complexity index is 1210. The topological polar surface area (TPSA) is 84.3 Å². The number of fused-ring (bicyclic) bond motifs is 1. The zero-order valence-electron chi connectivity index (χ0n) is 19.4. The summed E-state index contributed by atoms with van der Waals surface area (Å²) in [4.78, 5) is 17.4. The summed E-state index contributed by atoms with van der Waals surface area (Å²) in [6.07, 6.45) is 0.743. The molecule has 172 valence electrons. The van der Waals surface area contributed by atoms with Gasteiger partial charge in [0.05, 0.1) is 15.9 Å². The SMILES string of the molecule is CCN(CC)S(=O)(=O)c1ccc2c(c1)nc(CCC(=O)Nc1ccccc1C(C)C)n2C. The van der Waals surface area contributed by atoms with E-state index in [4.69, 9.17) is 0 Å². The molecule has 0 bridgehead atoms. The summed E-state index contributed by atoms with van der Waals surface area (Å²) in [6, 6.07) is 12.8. The number of anilines is 1. The highest BCUT2D eigenvalue weighted by molar-refractivity contribution is 7.89. The summed E-state index contributed by atoms with van der Waals surface area (Å²) in [7, 11) is -1.66. The summed E-state index contributed by atoms with van der Waals surface area (Å²) < 4.78 is 29.0. The molecule has 3 rings (SSSR count). The first-order valence-electron chi connectivity index (χ1n) is 11.0. The van der Waals surface area contributed by atoms with Crippen LogP contribution in [0.15, 0.2) is 47.4 Å². The van der Waals surface area contributed by atoms with Crippen LogP contribution in [-0.2, 0) is 28.3 Å². The number of benzene rings is 2. The highest BCUT2D eigenvalue weighted by atomic mass is 32.2. The van der Waals surface area contributed by atoms with Crippen molar-refractivity contribution >= 4 is 32.7 Å². The van der Waals surface area contributed by atoms with Gasteiger partial charge in [-0.3, -0.25) is 4.79 Å². The van der Waals surface area contributed by atoms with Crippen molar-refractivity contribution in [3.05, 3.63) is 53.9 Å². The number of imidazole rings is 1. The van der Waals surface area contributed by atoms with Gasteiger partial charge in [-0.15, -0.1) is 0 Å². The number of nitrogens with one attached hydrogen (secondary N) is 1. The third-order valence-corrected chi connectivity index (χ3v) is 7.77. The van der Waals surface area contributed by atoms with Crippen LogP contribution in [-0.4, -0.2) is 41.3 Å². The fraction of sp³-hybridized carbons (Fsp3) is 0.417. The van der Waals surface area contributed by atoms with Crippen molar-refractivity contribution in [2.24, 2.45) is 7.05 Å². The predicted octanol–water partition coefficient (Wildman–Crippen LogP) is 4.30. The normalized spacial score (nSPS) is 12.1. The molecule has 8 heteroatoms. The van der Waals surface area contributed by atoms with E-state index >= 15 is 0 Å². The van der Waals surface area contributed by atoms with E-state index in [1.54, 1.807) is 18.2 Å². The molecule has 1 amide bonds. The van der Waals surface area contributed by atoms with Crippen LogP contribution in [0.3, 0.4) is 0 Å². The highest BCUT2D eigenvalue weighted by Crippen LogP contribution is 2.25. The molecule has 0 fully saturated rings. The van der Waals surface area contributed by atoms with Gasteiger partial charge in [0.15, 0.2) is 0 Å². The minimum atomic E-state index is -3.55. The fourth-order valence-corrected chi connectivity index (χ4v) is 5.36. The van der Waals surface area contributed by atoms with Gasteiger partial charge in [0.1, 0.15) is 5.82 Å². The Kier molecular flexibility index (Phi) is 7.36. The number of rotatable bonds is 9. The molecule has 1 heterocycles. The zero-order chi connectivity index (χ0) is 23.5. The third kappa shape index (κ3) is 4.86. The van der Waals surface area contributed by atoms with E-state index in [1.807, 2.05) is 49.7 Å². The maximum atomic E-state index is 12.8. The van der Waals surface area contributed by atoms with E-state index in [-0.39, 0.29) is 17.2 Å². The zero-order valence-corrected chi connectivity index (χ0v) is 20.2. The van der Waals surface area contributed by atoms with E-state index in [0.29, 0.717) is 30.9 Å². The molecule has 0 aliphatic heterocycles. The van der Waals surface area contributed by atoms with Crippen LogP contribution < -0.4 is 5.32 Å². The van der Waals surface area contributed by atoms with Crippen LogP contribution in [0.4, 0.5) is 5.69 Å². The van der Waals surface area contributed by atoms with Crippen molar-refractivity contribution in [1.29, 1.82) is 0 Å². The molecule has 7 nitrogen and oxygen atoms in total. The van der Waals surface area contributed by atoms with Gasteiger partial charge in [0.2, 0.25) is 15.9 Å². The maximum absolute atomic E-state index is 12.8. The second kappa shape index (κ2) is 9.83. The monoisotopic (exact) mass is 456 g/mol. The molecule has 0 atom stereocenters. The van der Waals surface area contributed by atoms with Crippen molar-refractivity contribution in [2.75, 3.05) is 18.4 Å². The van der Waals surface area contributed by atoms with Crippen molar-refractivity contribution in [3.8, 4) is 0 Å². The van der Waals surface area contributed by atoms with Crippen LogP contribution in [0.5, 0.6) is 0 Å². The fourth-order valence-electron chi connectivity index (χ4n) is 3.88. The molecule has 0 aliphatic rings. The van der Waals surface area contributed by atoms with Crippen LogP contribution in [0.25, 0.3) is 11.0 Å². The number of hydrogen-bond acceptors (Lipinski definition) is 4. The Morgan fingerprint density at radius 1 is 1.12 bits per heavy atom. The maximum Gasteiger partial charge on any atom is 0.243 e. The van der Waals surface area contributed by atoms with Crippen molar-refractivity contribution in [2.45, 2.75) is 51.3 Å². The lowest BCUT2D eigenvalue weighted by molar-refractivity contribution is -0.116. The molecule has 0 saturated heterocycles. The first kappa shape index (κ1) is 23.9. The van der Waals surface area contributed by atoms with Gasteiger partial charge in [-0.05, 0) is 35.7 Å². The van der Waals surface area contributed by atoms with Gasteiger partial charge in [-0.2, -0.15) is 4.31 Å². The van der Waals surface area contributed by atoms with E-state index < -0.39 is 10.0 Å². The number of carbonyl (C=O) groups excluding carboxylic acids is 1. The van der Waals surface area contributed by atoms with Crippen molar-refractivity contribution < 1.29 is 13.2 Å². The van der Waals surface area contributed by atoms with Crippen LogP contribution in [0.1, 0.15) is 51.4 Å². The molecule has 3 aromatic rings. The van der Waals surface area contributed by atoms with Crippen molar-refractivity contribution in [3.63, 3.8) is 0 Å². The first-order valence-corrected chi connectivity index (χ1v) is 12.5. The van der Waals surface area contributed by atoms with Crippen LogP contribution >= 0.6 is 0 Å². The molecule has 2 aromatic carbocycles. The number of amides is 1. The number of aryl methyl sites for hydroxylation is 2. The summed E-state index contributed by atoms with van der Waals surface area (Å²) in [5.41, 5.74) is 3.39. The second-order valence-corrected chi connectivity index (χ2v) is 10.1. The largest absolute Gasteiger partial charge is 0.331 e. The smallest absolute Gasteiger partial charge is 0.243 e. The Balaban J connectivity index is 1.77. The third-order valence-electron chi connectivity index (χ3n) is 5.72. The Labute approximate surface area is 190 Å². The summed E-state index contributed by atoms with van der Waals surface area (Å²) in [5.74, 6) is 0.979. The number of para-hydroxylation sites is 1. The van der Waals surface area contributed by atoms with Crippen LogP contribution in [0.2, 0.25) is 0 Å². The number of aromatic nitrogens is 2. The van der Waals surface area contributed by atoms with E-state index in [0.717, 1.165) is 22.6 Å². The van der Waals surface area contributed by atoms with Gasteiger partial charge in [0, 0.05) is 38.7 Å². The summed E-state index contributed by atoms with van der Waals surface area (Å²) in [6.45, 7) is 8.67. The predicted molar refractivity (Wildman–Crippen MR) is 128 cm³/mol. The molecule has 0 unspecified atom stereocenters.